The number of aryl methyl sites for hydroxylation is 1. The van der Waals surface area contributed by atoms with Crippen LogP contribution in [0.1, 0.15) is 11.1 Å². The minimum absolute atomic E-state index is 0.123. The van der Waals surface area contributed by atoms with Gasteiger partial charge in [-0.15, -0.1) is 0 Å². The fraction of sp³-hybridized carbons (Fsp3) is 0.150. The second-order valence-corrected chi connectivity index (χ2v) is 5.69. The van der Waals surface area contributed by atoms with E-state index in [0.717, 1.165) is 22.4 Å². The van der Waals surface area contributed by atoms with Gasteiger partial charge >= 0.3 is 0 Å². The molecule has 1 N–H and O–H groups in total. The molecule has 0 saturated carbocycles. The van der Waals surface area contributed by atoms with E-state index in [2.05, 4.69) is 15.3 Å². The van der Waals surface area contributed by atoms with E-state index in [9.17, 15) is 4.79 Å². The molecule has 5 nitrogen and oxygen atoms in total. The lowest BCUT2D eigenvalue weighted by molar-refractivity contribution is -0.115. The zero-order chi connectivity index (χ0) is 17.6. The molecule has 3 rings (SSSR count). The van der Waals surface area contributed by atoms with E-state index < -0.39 is 0 Å². The van der Waals surface area contributed by atoms with Gasteiger partial charge in [-0.2, -0.15) is 0 Å². The highest BCUT2D eigenvalue weighted by Gasteiger charge is 2.08. The van der Waals surface area contributed by atoms with Crippen LogP contribution in [0.5, 0.6) is 5.75 Å². The average Bonchev–Trinajstić information content (AvgIpc) is 2.64. The number of methoxy groups -OCH3 is 1. The molecule has 3 aromatic rings. The van der Waals surface area contributed by atoms with Crippen LogP contribution in [-0.4, -0.2) is 23.0 Å². The predicted molar refractivity (Wildman–Crippen MR) is 97.5 cm³/mol. The zero-order valence-corrected chi connectivity index (χ0v) is 14.2. The average molecular weight is 333 g/mol. The van der Waals surface area contributed by atoms with Crippen molar-refractivity contribution >= 4 is 11.6 Å². The highest BCUT2D eigenvalue weighted by atomic mass is 16.5. The molecule has 0 bridgehead atoms. The van der Waals surface area contributed by atoms with E-state index in [0.29, 0.717) is 11.5 Å². The molecule has 2 aromatic carbocycles. The maximum absolute atomic E-state index is 12.2. The predicted octanol–water partition coefficient (Wildman–Crippen LogP) is 3.64. The van der Waals surface area contributed by atoms with Gasteiger partial charge in [0, 0.05) is 5.56 Å². The van der Waals surface area contributed by atoms with E-state index in [1.807, 2.05) is 55.5 Å². The first-order valence-corrected chi connectivity index (χ1v) is 7.96. The molecule has 0 aliphatic rings. The van der Waals surface area contributed by atoms with E-state index >= 15 is 0 Å². The fourth-order valence-electron chi connectivity index (χ4n) is 2.49. The maximum atomic E-state index is 12.2. The topological polar surface area (TPSA) is 64.1 Å². The first kappa shape index (κ1) is 16.6. The van der Waals surface area contributed by atoms with Crippen molar-refractivity contribution in [3.8, 4) is 17.1 Å². The summed E-state index contributed by atoms with van der Waals surface area (Å²) in [6.45, 7) is 1.97. The van der Waals surface area contributed by atoms with Crippen molar-refractivity contribution in [2.24, 2.45) is 0 Å². The summed E-state index contributed by atoms with van der Waals surface area (Å²) in [5.74, 6) is 1.28. The van der Waals surface area contributed by atoms with E-state index in [1.54, 1.807) is 19.5 Å². The number of rotatable bonds is 5. The lowest BCUT2D eigenvalue weighted by atomic mass is 10.1. The largest absolute Gasteiger partial charge is 0.496 e. The standard InChI is InChI=1S/C20H19N3O2/c1-14-8-9-15(10-18(14)25-2)11-19(24)23-17-12-21-20(22-13-17)16-6-4-3-5-7-16/h3-10,12-13H,11H2,1-2H3,(H,23,24). The lowest BCUT2D eigenvalue weighted by Crippen LogP contribution is -2.15. The monoisotopic (exact) mass is 333 g/mol. The van der Waals surface area contributed by atoms with E-state index in [4.69, 9.17) is 4.74 Å². The molecule has 1 amide bonds. The van der Waals surface area contributed by atoms with Crippen molar-refractivity contribution < 1.29 is 9.53 Å². The molecular formula is C20H19N3O2. The quantitative estimate of drug-likeness (QED) is 0.774. The minimum Gasteiger partial charge on any atom is -0.496 e. The van der Waals surface area contributed by atoms with Gasteiger partial charge in [0.2, 0.25) is 5.91 Å². The van der Waals surface area contributed by atoms with Crippen LogP contribution in [0, 0.1) is 6.92 Å². The third-order valence-electron chi connectivity index (χ3n) is 3.80. The molecule has 0 radical (unpaired) electrons. The molecule has 0 spiro atoms. The third kappa shape index (κ3) is 4.20. The molecule has 0 unspecified atom stereocenters. The molecule has 1 aromatic heterocycles. The van der Waals surface area contributed by atoms with Crippen LogP contribution in [-0.2, 0) is 11.2 Å². The summed E-state index contributed by atoms with van der Waals surface area (Å²) in [6.07, 6.45) is 3.49. The number of aromatic nitrogens is 2. The molecule has 0 fully saturated rings. The van der Waals surface area contributed by atoms with E-state index in [-0.39, 0.29) is 12.3 Å². The summed E-state index contributed by atoms with van der Waals surface area (Å²) >= 11 is 0. The van der Waals surface area contributed by atoms with Crippen molar-refractivity contribution in [2.45, 2.75) is 13.3 Å². The van der Waals surface area contributed by atoms with Crippen molar-refractivity contribution in [2.75, 3.05) is 12.4 Å². The van der Waals surface area contributed by atoms with Crippen LogP contribution in [0.25, 0.3) is 11.4 Å². The Hall–Kier alpha value is -3.21. The molecule has 0 aliphatic carbocycles. The van der Waals surface area contributed by atoms with Gasteiger partial charge in [-0.25, -0.2) is 9.97 Å². The van der Waals surface area contributed by atoms with E-state index in [1.165, 1.54) is 0 Å². The van der Waals surface area contributed by atoms with Crippen LogP contribution in [0.15, 0.2) is 60.9 Å². The molecular weight excluding hydrogens is 314 g/mol. The van der Waals surface area contributed by atoms with Crippen LogP contribution in [0.4, 0.5) is 5.69 Å². The Morgan fingerprint density at radius 1 is 1.08 bits per heavy atom. The summed E-state index contributed by atoms with van der Waals surface area (Å²) < 4.78 is 5.29. The Bertz CT molecular complexity index is 862. The smallest absolute Gasteiger partial charge is 0.228 e. The van der Waals surface area contributed by atoms with Gasteiger partial charge in [0.05, 0.1) is 31.6 Å². The molecule has 5 heteroatoms. The number of carbonyl (C=O) groups is 1. The number of hydrogen-bond donors (Lipinski definition) is 1. The maximum Gasteiger partial charge on any atom is 0.228 e. The third-order valence-corrected chi connectivity index (χ3v) is 3.80. The van der Waals surface area contributed by atoms with Crippen molar-refractivity contribution in [3.05, 3.63) is 72.1 Å². The number of nitrogens with zero attached hydrogens (tertiary/aromatic N) is 2. The summed E-state index contributed by atoms with van der Waals surface area (Å²) in [4.78, 5) is 20.8. The number of anilines is 1. The first-order chi connectivity index (χ1) is 12.2. The minimum atomic E-state index is -0.123. The molecule has 0 aliphatic heterocycles. The van der Waals surface area contributed by atoms with Crippen molar-refractivity contribution in [1.82, 2.24) is 9.97 Å². The molecule has 126 valence electrons. The highest BCUT2D eigenvalue weighted by molar-refractivity contribution is 5.92. The van der Waals surface area contributed by atoms with Gasteiger partial charge in [-0.1, -0.05) is 42.5 Å². The number of ether oxygens (including phenoxy) is 1. The Labute approximate surface area is 146 Å². The molecule has 0 atom stereocenters. The molecule has 0 saturated heterocycles. The normalized spacial score (nSPS) is 10.3. The highest BCUT2D eigenvalue weighted by Crippen LogP contribution is 2.20. The number of nitrogens with one attached hydrogen (secondary N) is 1. The second-order valence-electron chi connectivity index (χ2n) is 5.69. The van der Waals surface area contributed by atoms with Crippen LogP contribution in [0.2, 0.25) is 0 Å². The van der Waals surface area contributed by atoms with Crippen LogP contribution in [0.3, 0.4) is 0 Å². The lowest BCUT2D eigenvalue weighted by Gasteiger charge is -2.08. The molecule has 25 heavy (non-hydrogen) atoms. The Morgan fingerprint density at radius 2 is 1.80 bits per heavy atom. The SMILES string of the molecule is COc1cc(CC(=O)Nc2cnc(-c3ccccc3)nc2)ccc1C. The molecule has 1 heterocycles. The number of carbonyl (C=O) groups excluding carboxylic acids is 1. The van der Waals surface area contributed by atoms with Gasteiger partial charge in [0.25, 0.3) is 0 Å². The van der Waals surface area contributed by atoms with Crippen LogP contribution >= 0.6 is 0 Å². The summed E-state index contributed by atoms with van der Waals surface area (Å²) in [5.41, 5.74) is 3.44. The number of hydrogen-bond acceptors (Lipinski definition) is 4. The number of amides is 1. The van der Waals surface area contributed by atoms with Crippen molar-refractivity contribution in [3.63, 3.8) is 0 Å². The zero-order valence-electron chi connectivity index (χ0n) is 14.2. The van der Waals surface area contributed by atoms with Gasteiger partial charge < -0.3 is 10.1 Å². The Morgan fingerprint density at radius 3 is 2.48 bits per heavy atom. The summed E-state index contributed by atoms with van der Waals surface area (Å²) in [7, 11) is 1.62. The van der Waals surface area contributed by atoms with Gasteiger partial charge in [0.1, 0.15) is 5.75 Å². The fourth-order valence-corrected chi connectivity index (χ4v) is 2.49. The van der Waals surface area contributed by atoms with Crippen molar-refractivity contribution in [1.29, 1.82) is 0 Å². The second kappa shape index (κ2) is 7.57. The Kier molecular flexibility index (Phi) is 5.04. The summed E-state index contributed by atoms with van der Waals surface area (Å²) in [5, 5.41) is 2.82. The Balaban J connectivity index is 1.65. The number of benzene rings is 2. The van der Waals surface area contributed by atoms with Gasteiger partial charge in [-0.3, -0.25) is 4.79 Å². The van der Waals surface area contributed by atoms with Crippen LogP contribution < -0.4 is 10.1 Å². The van der Waals surface area contributed by atoms with Gasteiger partial charge in [-0.05, 0) is 24.1 Å². The van der Waals surface area contributed by atoms with Gasteiger partial charge in [0.15, 0.2) is 5.82 Å². The summed E-state index contributed by atoms with van der Waals surface area (Å²) in [6, 6.07) is 15.4. The first-order valence-electron chi connectivity index (χ1n) is 7.96.